The summed E-state index contributed by atoms with van der Waals surface area (Å²) in [5.41, 5.74) is 2.72. The van der Waals surface area contributed by atoms with Crippen LogP contribution in [0.25, 0.3) is 11.3 Å². The summed E-state index contributed by atoms with van der Waals surface area (Å²) in [6.07, 6.45) is 0. The Hall–Kier alpha value is -3.08. The Morgan fingerprint density at radius 1 is 0.920 bits per heavy atom. The van der Waals surface area contributed by atoms with Crippen LogP contribution in [0.4, 0.5) is 17.5 Å². The van der Waals surface area contributed by atoms with Gasteiger partial charge in [0.2, 0.25) is 5.95 Å². The van der Waals surface area contributed by atoms with Crippen molar-refractivity contribution in [3.05, 3.63) is 60.7 Å². The van der Waals surface area contributed by atoms with E-state index in [-0.39, 0.29) is 6.04 Å². The third-order valence-corrected chi connectivity index (χ3v) is 3.59. The smallest absolute Gasteiger partial charge is 0.229 e. The summed E-state index contributed by atoms with van der Waals surface area (Å²) < 4.78 is 5.39. The zero-order valence-electron chi connectivity index (χ0n) is 14.7. The van der Waals surface area contributed by atoms with Crippen LogP contribution in [0, 0.1) is 0 Å². The summed E-state index contributed by atoms with van der Waals surface area (Å²) in [5.74, 6) is 2.05. The first-order valence-corrected chi connectivity index (χ1v) is 8.27. The van der Waals surface area contributed by atoms with Crippen molar-refractivity contribution in [2.24, 2.45) is 0 Å². The van der Waals surface area contributed by atoms with Crippen LogP contribution in [0.5, 0.6) is 5.75 Å². The molecule has 3 rings (SSSR count). The first kappa shape index (κ1) is 16.8. The van der Waals surface area contributed by atoms with E-state index in [1.54, 1.807) is 7.11 Å². The molecule has 5 heteroatoms. The van der Waals surface area contributed by atoms with Crippen molar-refractivity contribution in [1.82, 2.24) is 9.97 Å². The number of para-hydroxylation sites is 2. The molecule has 2 aromatic carbocycles. The molecule has 25 heavy (non-hydrogen) atoms. The minimum atomic E-state index is 0.276. The molecule has 3 aromatic rings. The maximum atomic E-state index is 5.39. The maximum absolute atomic E-state index is 5.39. The van der Waals surface area contributed by atoms with Crippen molar-refractivity contribution in [3.8, 4) is 17.0 Å². The minimum absolute atomic E-state index is 0.276. The highest BCUT2D eigenvalue weighted by atomic mass is 16.5. The molecule has 0 spiro atoms. The number of rotatable bonds is 6. The third kappa shape index (κ3) is 4.26. The zero-order chi connectivity index (χ0) is 17.6. The molecule has 0 atom stereocenters. The Labute approximate surface area is 148 Å². The van der Waals surface area contributed by atoms with Crippen molar-refractivity contribution < 1.29 is 4.74 Å². The first-order valence-electron chi connectivity index (χ1n) is 8.27. The largest absolute Gasteiger partial charge is 0.495 e. The molecule has 0 aliphatic carbocycles. The molecule has 0 fully saturated rings. The van der Waals surface area contributed by atoms with Gasteiger partial charge in [-0.15, -0.1) is 0 Å². The summed E-state index contributed by atoms with van der Waals surface area (Å²) in [6.45, 7) is 4.16. The molecule has 2 N–H and O–H groups in total. The molecule has 1 heterocycles. The summed E-state index contributed by atoms with van der Waals surface area (Å²) in [4.78, 5) is 9.24. The van der Waals surface area contributed by atoms with Crippen LogP contribution >= 0.6 is 0 Å². The van der Waals surface area contributed by atoms with Crippen molar-refractivity contribution in [3.63, 3.8) is 0 Å². The molecular weight excluding hydrogens is 312 g/mol. The van der Waals surface area contributed by atoms with Crippen LogP contribution in [0.1, 0.15) is 13.8 Å². The zero-order valence-corrected chi connectivity index (χ0v) is 14.7. The van der Waals surface area contributed by atoms with E-state index in [2.05, 4.69) is 34.4 Å². The van der Waals surface area contributed by atoms with Crippen LogP contribution in [-0.4, -0.2) is 23.1 Å². The quantitative estimate of drug-likeness (QED) is 0.683. The van der Waals surface area contributed by atoms with Gasteiger partial charge in [0.25, 0.3) is 0 Å². The molecule has 0 aliphatic rings. The van der Waals surface area contributed by atoms with Gasteiger partial charge in [-0.3, -0.25) is 0 Å². The molecule has 0 radical (unpaired) electrons. The van der Waals surface area contributed by atoms with Gasteiger partial charge >= 0.3 is 0 Å². The summed E-state index contributed by atoms with van der Waals surface area (Å²) in [7, 11) is 1.65. The molecular formula is C20H22N4O. The van der Waals surface area contributed by atoms with E-state index in [4.69, 9.17) is 4.74 Å². The number of methoxy groups -OCH3 is 1. The predicted octanol–water partition coefficient (Wildman–Crippen LogP) is 4.72. The van der Waals surface area contributed by atoms with Crippen molar-refractivity contribution in [2.45, 2.75) is 19.9 Å². The number of hydrogen-bond donors (Lipinski definition) is 2. The van der Waals surface area contributed by atoms with Gasteiger partial charge in [-0.25, -0.2) is 4.98 Å². The van der Waals surface area contributed by atoms with Crippen LogP contribution in [0.15, 0.2) is 60.7 Å². The predicted molar refractivity (Wildman–Crippen MR) is 103 cm³/mol. The van der Waals surface area contributed by atoms with Crippen LogP contribution < -0.4 is 15.4 Å². The lowest BCUT2D eigenvalue weighted by molar-refractivity contribution is 0.417. The lowest BCUT2D eigenvalue weighted by Gasteiger charge is -2.14. The SMILES string of the molecule is COc1ccccc1Nc1nc(NC(C)C)cc(-c2ccccc2)n1. The number of benzene rings is 2. The van der Waals surface area contributed by atoms with Crippen LogP contribution in [-0.2, 0) is 0 Å². The second-order valence-corrected chi connectivity index (χ2v) is 5.95. The Balaban J connectivity index is 2.00. The molecule has 128 valence electrons. The standard InChI is InChI=1S/C20H22N4O/c1-14(2)21-19-13-17(15-9-5-4-6-10-15)23-20(24-19)22-16-11-7-8-12-18(16)25-3/h4-14H,1-3H3,(H2,21,22,23,24). The van der Waals surface area contributed by atoms with E-state index < -0.39 is 0 Å². The van der Waals surface area contributed by atoms with Crippen LogP contribution in [0.2, 0.25) is 0 Å². The van der Waals surface area contributed by atoms with Crippen molar-refractivity contribution in [1.29, 1.82) is 0 Å². The van der Waals surface area contributed by atoms with Crippen molar-refractivity contribution >= 4 is 17.5 Å². The van der Waals surface area contributed by atoms with Gasteiger partial charge in [0.05, 0.1) is 18.5 Å². The Morgan fingerprint density at radius 2 is 1.64 bits per heavy atom. The lowest BCUT2D eigenvalue weighted by Crippen LogP contribution is -2.12. The highest BCUT2D eigenvalue weighted by molar-refractivity contribution is 5.68. The molecule has 1 aromatic heterocycles. The monoisotopic (exact) mass is 334 g/mol. The van der Waals surface area contributed by atoms with Gasteiger partial charge in [-0.05, 0) is 26.0 Å². The van der Waals surface area contributed by atoms with Crippen molar-refractivity contribution in [2.75, 3.05) is 17.7 Å². The number of anilines is 3. The highest BCUT2D eigenvalue weighted by Gasteiger charge is 2.10. The highest BCUT2D eigenvalue weighted by Crippen LogP contribution is 2.28. The fourth-order valence-electron chi connectivity index (χ4n) is 2.50. The Morgan fingerprint density at radius 3 is 2.36 bits per heavy atom. The van der Waals surface area contributed by atoms with Crippen LogP contribution in [0.3, 0.4) is 0 Å². The number of nitrogens with one attached hydrogen (secondary N) is 2. The topological polar surface area (TPSA) is 59.1 Å². The normalized spacial score (nSPS) is 10.6. The summed E-state index contributed by atoms with van der Waals surface area (Å²) in [6, 6.07) is 20.0. The average Bonchev–Trinajstić information content (AvgIpc) is 2.62. The molecule has 0 saturated heterocycles. The average molecular weight is 334 g/mol. The van der Waals surface area contributed by atoms with E-state index in [0.717, 1.165) is 28.5 Å². The Kier molecular flexibility index (Phi) is 5.14. The summed E-state index contributed by atoms with van der Waals surface area (Å²) in [5, 5.41) is 6.61. The number of hydrogen-bond acceptors (Lipinski definition) is 5. The first-order chi connectivity index (χ1) is 12.2. The number of nitrogens with zero attached hydrogens (tertiary/aromatic N) is 2. The molecule has 0 aliphatic heterocycles. The van der Waals surface area contributed by atoms with Gasteiger partial charge in [0, 0.05) is 17.7 Å². The third-order valence-electron chi connectivity index (χ3n) is 3.59. The van der Waals surface area contributed by atoms with Gasteiger partial charge < -0.3 is 15.4 Å². The van der Waals surface area contributed by atoms with E-state index in [1.165, 1.54) is 0 Å². The van der Waals surface area contributed by atoms with Gasteiger partial charge in [0.1, 0.15) is 11.6 Å². The molecule has 0 saturated carbocycles. The van der Waals surface area contributed by atoms with Gasteiger partial charge in [0.15, 0.2) is 0 Å². The second kappa shape index (κ2) is 7.66. The van der Waals surface area contributed by atoms with E-state index in [0.29, 0.717) is 5.95 Å². The summed E-state index contributed by atoms with van der Waals surface area (Å²) >= 11 is 0. The van der Waals surface area contributed by atoms with E-state index in [1.807, 2.05) is 60.7 Å². The molecule has 0 unspecified atom stereocenters. The molecule has 5 nitrogen and oxygen atoms in total. The van der Waals surface area contributed by atoms with Gasteiger partial charge in [-0.1, -0.05) is 42.5 Å². The fourth-order valence-corrected chi connectivity index (χ4v) is 2.50. The molecule has 0 amide bonds. The lowest BCUT2D eigenvalue weighted by atomic mass is 10.1. The maximum Gasteiger partial charge on any atom is 0.229 e. The van der Waals surface area contributed by atoms with E-state index >= 15 is 0 Å². The number of ether oxygens (including phenoxy) is 1. The van der Waals surface area contributed by atoms with E-state index in [9.17, 15) is 0 Å². The fraction of sp³-hybridized carbons (Fsp3) is 0.200. The second-order valence-electron chi connectivity index (χ2n) is 5.95. The Bertz CT molecular complexity index is 834. The minimum Gasteiger partial charge on any atom is -0.495 e. The molecule has 0 bridgehead atoms. The van der Waals surface area contributed by atoms with Gasteiger partial charge in [-0.2, -0.15) is 4.98 Å². The number of aromatic nitrogens is 2.